The lowest BCUT2D eigenvalue weighted by molar-refractivity contribution is -0.145. The van der Waals surface area contributed by atoms with Crippen LogP contribution in [0.15, 0.2) is 36.6 Å². The molecule has 12 heavy (non-hydrogen) atoms. The number of carboxylic acid groups (broad SMARTS) is 1. The number of aliphatic carboxylic acids is 1. The molecule has 0 aromatic carbocycles. The van der Waals surface area contributed by atoms with Crippen molar-refractivity contribution in [3.63, 3.8) is 0 Å². The Balaban J connectivity index is 2.75. The second-order valence-corrected chi connectivity index (χ2v) is 2.52. The van der Waals surface area contributed by atoms with Crippen LogP contribution < -0.4 is 0 Å². The molecule has 0 bridgehead atoms. The molecule has 0 aromatic heterocycles. The lowest BCUT2D eigenvalue weighted by Gasteiger charge is -2.02. The van der Waals surface area contributed by atoms with Crippen molar-refractivity contribution in [1.82, 2.24) is 0 Å². The molecule has 1 aliphatic rings. The van der Waals surface area contributed by atoms with E-state index in [1.54, 1.807) is 12.2 Å². The van der Waals surface area contributed by atoms with Gasteiger partial charge in [-0.25, -0.2) is 4.79 Å². The minimum absolute atomic E-state index is 0.356. The molecule has 1 unspecified atom stereocenters. The Hall–Kier alpha value is -1.51. The standard InChI is InChI=1S/C9H10O3/c1-3-4-7-6(2)5-8(12-7)9(10)11/h3-4,8H,1-2,5H2,(H,10,11)/b7-4+. The summed E-state index contributed by atoms with van der Waals surface area (Å²) in [5.41, 5.74) is 0.710. The maximum atomic E-state index is 10.5. The zero-order valence-corrected chi connectivity index (χ0v) is 6.62. The third kappa shape index (κ3) is 1.56. The van der Waals surface area contributed by atoms with E-state index in [1.165, 1.54) is 0 Å². The summed E-state index contributed by atoms with van der Waals surface area (Å²) in [7, 11) is 0. The first kappa shape index (κ1) is 8.59. The van der Waals surface area contributed by atoms with Crippen LogP contribution in [0.1, 0.15) is 6.42 Å². The highest BCUT2D eigenvalue weighted by atomic mass is 16.5. The van der Waals surface area contributed by atoms with Gasteiger partial charge in [0, 0.05) is 6.42 Å². The normalized spacial score (nSPS) is 25.5. The number of carbonyl (C=O) groups is 1. The molecular formula is C9H10O3. The summed E-state index contributed by atoms with van der Waals surface area (Å²) < 4.78 is 5.07. The Labute approximate surface area is 70.7 Å². The first-order chi connectivity index (χ1) is 5.65. The lowest BCUT2D eigenvalue weighted by Crippen LogP contribution is -2.17. The topological polar surface area (TPSA) is 46.5 Å². The fraction of sp³-hybridized carbons (Fsp3) is 0.222. The first-order valence-electron chi connectivity index (χ1n) is 3.55. The zero-order chi connectivity index (χ0) is 9.14. The fourth-order valence-electron chi connectivity index (χ4n) is 1.00. The molecule has 1 atom stereocenters. The molecule has 1 aliphatic heterocycles. The monoisotopic (exact) mass is 166 g/mol. The van der Waals surface area contributed by atoms with E-state index in [0.29, 0.717) is 17.8 Å². The highest BCUT2D eigenvalue weighted by Gasteiger charge is 2.29. The number of rotatable bonds is 2. The molecule has 3 nitrogen and oxygen atoms in total. The van der Waals surface area contributed by atoms with Crippen LogP contribution in [0.4, 0.5) is 0 Å². The van der Waals surface area contributed by atoms with Crippen LogP contribution in [-0.2, 0) is 9.53 Å². The van der Waals surface area contributed by atoms with Gasteiger partial charge in [0.2, 0.25) is 0 Å². The van der Waals surface area contributed by atoms with Gasteiger partial charge < -0.3 is 9.84 Å². The summed E-state index contributed by atoms with van der Waals surface area (Å²) in [5, 5.41) is 8.60. The van der Waals surface area contributed by atoms with E-state index in [0.717, 1.165) is 0 Å². The molecule has 3 heteroatoms. The van der Waals surface area contributed by atoms with Gasteiger partial charge in [0.1, 0.15) is 5.76 Å². The van der Waals surface area contributed by atoms with Gasteiger partial charge in [-0.3, -0.25) is 0 Å². The molecule has 0 saturated carbocycles. The minimum atomic E-state index is -0.955. The highest BCUT2D eigenvalue weighted by molar-refractivity contribution is 5.74. The summed E-state index contributed by atoms with van der Waals surface area (Å²) in [5.74, 6) is -0.430. The van der Waals surface area contributed by atoms with E-state index in [9.17, 15) is 4.79 Å². The average molecular weight is 166 g/mol. The van der Waals surface area contributed by atoms with Crippen LogP contribution in [0.5, 0.6) is 0 Å². The number of ether oxygens (including phenoxy) is 1. The third-order valence-corrected chi connectivity index (χ3v) is 1.59. The summed E-state index contributed by atoms with van der Waals surface area (Å²) in [6, 6.07) is 0. The van der Waals surface area contributed by atoms with Gasteiger partial charge in [0.05, 0.1) is 0 Å². The van der Waals surface area contributed by atoms with Crippen molar-refractivity contribution in [2.45, 2.75) is 12.5 Å². The van der Waals surface area contributed by atoms with E-state index in [1.807, 2.05) is 0 Å². The van der Waals surface area contributed by atoms with Crippen molar-refractivity contribution in [2.24, 2.45) is 0 Å². The number of carboxylic acids is 1. The van der Waals surface area contributed by atoms with Crippen molar-refractivity contribution >= 4 is 5.97 Å². The average Bonchev–Trinajstić information content (AvgIpc) is 2.34. The van der Waals surface area contributed by atoms with Crippen molar-refractivity contribution in [3.8, 4) is 0 Å². The molecule has 1 fully saturated rings. The van der Waals surface area contributed by atoms with E-state index in [4.69, 9.17) is 9.84 Å². The largest absolute Gasteiger partial charge is 0.478 e. The van der Waals surface area contributed by atoms with Crippen LogP contribution >= 0.6 is 0 Å². The van der Waals surface area contributed by atoms with Gasteiger partial charge in [-0.1, -0.05) is 19.2 Å². The quantitative estimate of drug-likeness (QED) is 0.676. The maximum absolute atomic E-state index is 10.5. The molecule has 0 aliphatic carbocycles. The van der Waals surface area contributed by atoms with Crippen LogP contribution in [0.25, 0.3) is 0 Å². The van der Waals surface area contributed by atoms with Crippen LogP contribution in [-0.4, -0.2) is 17.2 Å². The van der Waals surface area contributed by atoms with Gasteiger partial charge in [0.15, 0.2) is 6.10 Å². The smallest absolute Gasteiger partial charge is 0.345 e. The van der Waals surface area contributed by atoms with Crippen molar-refractivity contribution in [1.29, 1.82) is 0 Å². The second kappa shape index (κ2) is 3.26. The first-order valence-corrected chi connectivity index (χ1v) is 3.55. The van der Waals surface area contributed by atoms with Crippen LogP contribution in [0.2, 0.25) is 0 Å². The number of allylic oxidation sites excluding steroid dienone is 3. The molecule has 0 spiro atoms. The van der Waals surface area contributed by atoms with Crippen LogP contribution in [0.3, 0.4) is 0 Å². The van der Waals surface area contributed by atoms with Crippen LogP contribution in [0, 0.1) is 0 Å². The molecular weight excluding hydrogens is 156 g/mol. The number of hydrogen-bond donors (Lipinski definition) is 1. The fourth-order valence-corrected chi connectivity index (χ4v) is 1.00. The van der Waals surface area contributed by atoms with E-state index in [2.05, 4.69) is 13.2 Å². The zero-order valence-electron chi connectivity index (χ0n) is 6.62. The highest BCUT2D eigenvalue weighted by Crippen LogP contribution is 2.27. The SMILES string of the molecule is C=C/C=C1/OC(C(=O)O)CC1=C. The third-order valence-electron chi connectivity index (χ3n) is 1.59. The molecule has 1 N–H and O–H groups in total. The predicted octanol–water partition coefficient (Wildman–Crippen LogP) is 1.49. The molecule has 0 radical (unpaired) electrons. The molecule has 0 aromatic rings. The van der Waals surface area contributed by atoms with Gasteiger partial charge in [0.25, 0.3) is 0 Å². The molecule has 1 rings (SSSR count). The van der Waals surface area contributed by atoms with Gasteiger partial charge in [-0.15, -0.1) is 0 Å². The molecule has 1 saturated heterocycles. The van der Waals surface area contributed by atoms with Gasteiger partial charge in [-0.2, -0.15) is 0 Å². The molecule has 1 heterocycles. The summed E-state index contributed by atoms with van der Waals surface area (Å²) in [6.45, 7) is 7.17. The summed E-state index contributed by atoms with van der Waals surface area (Å²) in [6.07, 6.45) is 2.74. The Kier molecular flexibility index (Phi) is 2.33. The minimum Gasteiger partial charge on any atom is -0.478 e. The van der Waals surface area contributed by atoms with E-state index in [-0.39, 0.29) is 0 Å². The Morgan fingerprint density at radius 2 is 2.42 bits per heavy atom. The Morgan fingerprint density at radius 1 is 1.75 bits per heavy atom. The number of hydrogen-bond acceptors (Lipinski definition) is 2. The van der Waals surface area contributed by atoms with Gasteiger partial charge >= 0.3 is 5.97 Å². The maximum Gasteiger partial charge on any atom is 0.345 e. The Bertz CT molecular complexity index is 263. The van der Waals surface area contributed by atoms with Gasteiger partial charge in [-0.05, 0) is 11.6 Å². The van der Waals surface area contributed by atoms with Crippen molar-refractivity contribution in [2.75, 3.05) is 0 Å². The lowest BCUT2D eigenvalue weighted by atomic mass is 10.1. The van der Waals surface area contributed by atoms with Crippen molar-refractivity contribution < 1.29 is 14.6 Å². The molecule has 64 valence electrons. The van der Waals surface area contributed by atoms with E-state index >= 15 is 0 Å². The van der Waals surface area contributed by atoms with E-state index < -0.39 is 12.1 Å². The summed E-state index contributed by atoms with van der Waals surface area (Å²) in [4.78, 5) is 10.5. The second-order valence-electron chi connectivity index (χ2n) is 2.52. The Morgan fingerprint density at radius 3 is 2.83 bits per heavy atom. The van der Waals surface area contributed by atoms with Crippen molar-refractivity contribution in [3.05, 3.63) is 36.6 Å². The summed E-state index contributed by atoms with van der Waals surface area (Å²) >= 11 is 0. The molecule has 0 amide bonds. The predicted molar refractivity (Wildman–Crippen MR) is 44.5 cm³/mol.